The quantitative estimate of drug-likeness (QED) is 0.368. The Morgan fingerprint density at radius 1 is 0.930 bits per heavy atom. The lowest BCUT2D eigenvalue weighted by atomic mass is 9.87. The number of nitrogens with one attached hydrogen (secondary N) is 1. The molecule has 1 N–H and O–H groups in total. The average molecular weight is 686 g/mol. The highest BCUT2D eigenvalue weighted by Crippen LogP contribution is 2.42. The van der Waals surface area contributed by atoms with Crippen LogP contribution in [0.15, 0.2) is 22.7 Å². The van der Waals surface area contributed by atoms with E-state index in [1.54, 1.807) is 9.80 Å². The molecule has 1 aromatic carbocycles. The van der Waals surface area contributed by atoms with Gasteiger partial charge in [0.2, 0.25) is 17.7 Å². The molecule has 2 aliphatic rings. The average Bonchev–Trinajstić information content (AvgIpc) is 2.96. The minimum Gasteiger partial charge on any atom is -0.343 e. The highest BCUT2D eigenvalue weighted by molar-refractivity contribution is 9.10. The van der Waals surface area contributed by atoms with E-state index in [9.17, 15) is 45.5 Å². The van der Waals surface area contributed by atoms with Gasteiger partial charge in [0.15, 0.2) is 0 Å². The second kappa shape index (κ2) is 14.3. The topological polar surface area (TPSA) is 90.0 Å². The molecule has 15 heteroatoms. The maximum atomic E-state index is 13.5. The van der Waals surface area contributed by atoms with Crippen LogP contribution in [0.1, 0.15) is 56.3 Å². The molecular formula is C28H35BrF6N4O4. The number of amides is 4. The van der Waals surface area contributed by atoms with E-state index in [0.29, 0.717) is 41.8 Å². The van der Waals surface area contributed by atoms with E-state index in [4.69, 9.17) is 0 Å². The number of hydrogen-bond donors (Lipinski definition) is 1. The highest BCUT2D eigenvalue weighted by atomic mass is 79.9. The number of hydrogen-bond acceptors (Lipinski definition) is 4. The van der Waals surface area contributed by atoms with Crippen LogP contribution in [0, 0.1) is 17.8 Å². The van der Waals surface area contributed by atoms with Crippen molar-refractivity contribution in [2.45, 2.75) is 58.3 Å². The maximum Gasteiger partial charge on any atom is 0.393 e. The smallest absolute Gasteiger partial charge is 0.343 e. The molecule has 4 amide bonds. The number of anilines is 1. The van der Waals surface area contributed by atoms with Gasteiger partial charge >= 0.3 is 12.4 Å². The Morgan fingerprint density at radius 2 is 1.53 bits per heavy atom. The van der Waals surface area contributed by atoms with E-state index in [-0.39, 0.29) is 48.4 Å². The lowest BCUT2D eigenvalue weighted by Crippen LogP contribution is -2.51. The van der Waals surface area contributed by atoms with Gasteiger partial charge in [0.1, 0.15) is 0 Å². The molecule has 1 unspecified atom stereocenters. The minimum atomic E-state index is -4.93. The van der Waals surface area contributed by atoms with Crippen molar-refractivity contribution in [3.05, 3.63) is 28.2 Å². The molecule has 2 aliphatic heterocycles. The van der Waals surface area contributed by atoms with Crippen LogP contribution in [-0.4, -0.2) is 89.9 Å². The fourth-order valence-corrected chi connectivity index (χ4v) is 5.86. The van der Waals surface area contributed by atoms with E-state index < -0.39 is 55.5 Å². The standard InChI is InChI=1S/C28H35BrF6N4O4/c1-3-37(4-2)25(42)17-6-5-11-38(14-17)24(41)10-9-23(40)36-22-8-7-20(29)13-21(22)26(43)39-15-18(27(30,31)32)12-19(16-39)28(33,34)35/h7-8,13,17-19H,3-6,9-12,14-16H2,1-2H3,(H,36,40)/t17?,18-,19+. The predicted molar refractivity (Wildman–Crippen MR) is 149 cm³/mol. The number of alkyl halides is 6. The maximum absolute atomic E-state index is 13.5. The van der Waals surface area contributed by atoms with E-state index >= 15 is 0 Å². The third-order valence-corrected chi connectivity index (χ3v) is 8.41. The van der Waals surface area contributed by atoms with Crippen LogP contribution in [0.3, 0.4) is 0 Å². The molecule has 0 saturated carbocycles. The molecular weight excluding hydrogens is 650 g/mol. The van der Waals surface area contributed by atoms with Gasteiger partial charge in [-0.1, -0.05) is 15.9 Å². The molecule has 240 valence electrons. The van der Waals surface area contributed by atoms with E-state index in [0.717, 1.165) is 0 Å². The van der Waals surface area contributed by atoms with E-state index in [1.807, 2.05) is 13.8 Å². The fourth-order valence-electron chi connectivity index (χ4n) is 5.50. The molecule has 2 heterocycles. The highest BCUT2D eigenvalue weighted by Gasteiger charge is 2.52. The molecule has 2 saturated heterocycles. The molecule has 3 atom stereocenters. The van der Waals surface area contributed by atoms with Crippen molar-refractivity contribution >= 4 is 45.2 Å². The molecule has 2 fully saturated rings. The van der Waals surface area contributed by atoms with Crippen molar-refractivity contribution in [1.82, 2.24) is 14.7 Å². The van der Waals surface area contributed by atoms with Crippen LogP contribution in [0.2, 0.25) is 0 Å². The van der Waals surface area contributed by atoms with Crippen molar-refractivity contribution in [3.8, 4) is 0 Å². The lowest BCUT2D eigenvalue weighted by molar-refractivity contribution is -0.227. The molecule has 0 aromatic heterocycles. The Morgan fingerprint density at radius 3 is 2.09 bits per heavy atom. The second-order valence-corrected chi connectivity index (χ2v) is 11.8. The summed E-state index contributed by atoms with van der Waals surface area (Å²) in [7, 11) is 0. The van der Waals surface area contributed by atoms with Crippen LogP contribution in [0.4, 0.5) is 32.0 Å². The zero-order valence-corrected chi connectivity index (χ0v) is 25.4. The monoisotopic (exact) mass is 684 g/mol. The number of nitrogens with zero attached hydrogens (tertiary/aromatic N) is 3. The third kappa shape index (κ3) is 9.08. The van der Waals surface area contributed by atoms with Crippen molar-refractivity contribution in [1.29, 1.82) is 0 Å². The molecule has 43 heavy (non-hydrogen) atoms. The van der Waals surface area contributed by atoms with Crippen LogP contribution >= 0.6 is 15.9 Å². The Hall–Kier alpha value is -2.84. The second-order valence-electron chi connectivity index (χ2n) is 10.9. The summed E-state index contributed by atoms with van der Waals surface area (Å²) in [5.41, 5.74) is -0.391. The summed E-state index contributed by atoms with van der Waals surface area (Å²) in [6, 6.07) is 3.97. The molecule has 8 nitrogen and oxygen atoms in total. The number of piperidine rings is 2. The lowest BCUT2D eigenvalue weighted by Gasteiger charge is -2.39. The van der Waals surface area contributed by atoms with Crippen molar-refractivity contribution in [2.75, 3.05) is 44.6 Å². The first-order chi connectivity index (χ1) is 20.0. The molecule has 1 aromatic rings. The number of carbonyl (C=O) groups is 4. The Labute approximate surface area is 254 Å². The first-order valence-electron chi connectivity index (χ1n) is 14.1. The Bertz CT molecular complexity index is 1170. The minimum absolute atomic E-state index is 0.0236. The van der Waals surface area contributed by atoms with Gasteiger partial charge in [-0.2, -0.15) is 26.3 Å². The normalized spacial score (nSPS) is 21.4. The van der Waals surface area contributed by atoms with Gasteiger partial charge in [0.25, 0.3) is 5.91 Å². The van der Waals surface area contributed by atoms with Crippen LogP contribution < -0.4 is 5.32 Å². The first kappa shape index (κ1) is 34.6. The van der Waals surface area contributed by atoms with E-state index in [2.05, 4.69) is 21.2 Å². The molecule has 0 aliphatic carbocycles. The number of likely N-dealkylation sites (tertiary alicyclic amines) is 2. The van der Waals surface area contributed by atoms with Gasteiger partial charge in [-0.15, -0.1) is 0 Å². The van der Waals surface area contributed by atoms with E-state index in [1.165, 1.54) is 18.2 Å². The zero-order chi connectivity index (χ0) is 32.1. The van der Waals surface area contributed by atoms with Crippen LogP contribution in [0.5, 0.6) is 0 Å². The molecule has 0 radical (unpaired) electrons. The summed E-state index contributed by atoms with van der Waals surface area (Å²) in [4.78, 5) is 55.4. The number of rotatable bonds is 8. The first-order valence-corrected chi connectivity index (χ1v) is 14.9. The van der Waals surface area contributed by atoms with Gasteiger partial charge in [0, 0.05) is 56.6 Å². The van der Waals surface area contributed by atoms with Gasteiger partial charge < -0.3 is 20.0 Å². The number of benzene rings is 1. The van der Waals surface area contributed by atoms with Crippen molar-refractivity contribution in [3.63, 3.8) is 0 Å². The molecule has 0 spiro atoms. The van der Waals surface area contributed by atoms with Gasteiger partial charge in [-0.25, -0.2) is 0 Å². The van der Waals surface area contributed by atoms with Crippen LogP contribution in [-0.2, 0) is 14.4 Å². The summed E-state index contributed by atoms with van der Waals surface area (Å²) >= 11 is 3.15. The Balaban J connectivity index is 1.67. The van der Waals surface area contributed by atoms with Gasteiger partial charge in [0.05, 0.1) is 29.0 Å². The van der Waals surface area contributed by atoms with Gasteiger partial charge in [-0.3, -0.25) is 19.2 Å². The number of halogens is 7. The molecule has 3 rings (SSSR count). The number of carbonyl (C=O) groups excluding carboxylic acids is 4. The SMILES string of the molecule is CCN(CC)C(=O)C1CCCN(C(=O)CCC(=O)Nc2ccc(Br)cc2C(=O)N2C[C@H](C(F)(F)F)C[C@H](C(F)(F)F)C2)C1. The van der Waals surface area contributed by atoms with Crippen LogP contribution in [0.25, 0.3) is 0 Å². The fraction of sp³-hybridized carbons (Fsp3) is 0.643. The summed E-state index contributed by atoms with van der Waals surface area (Å²) in [6.07, 6.45) is -10.2. The summed E-state index contributed by atoms with van der Waals surface area (Å²) in [5.74, 6) is -7.15. The zero-order valence-electron chi connectivity index (χ0n) is 23.9. The summed E-state index contributed by atoms with van der Waals surface area (Å²) in [5, 5.41) is 2.47. The predicted octanol–water partition coefficient (Wildman–Crippen LogP) is 5.48. The summed E-state index contributed by atoms with van der Waals surface area (Å²) < 4.78 is 81.0. The van der Waals surface area contributed by atoms with Crippen molar-refractivity contribution < 1.29 is 45.5 Å². The molecule has 0 bridgehead atoms. The third-order valence-electron chi connectivity index (χ3n) is 7.91. The largest absolute Gasteiger partial charge is 0.393 e. The van der Waals surface area contributed by atoms with Crippen molar-refractivity contribution in [2.24, 2.45) is 17.8 Å². The van der Waals surface area contributed by atoms with Gasteiger partial charge in [-0.05, 0) is 51.3 Å². The Kier molecular flexibility index (Phi) is 11.5. The summed E-state index contributed by atoms with van der Waals surface area (Å²) in [6.45, 7) is 3.67.